The summed E-state index contributed by atoms with van der Waals surface area (Å²) in [5, 5.41) is 10.2. The van der Waals surface area contributed by atoms with Gasteiger partial charge >= 0.3 is 0 Å². The Kier molecular flexibility index (Phi) is 4.39. The van der Waals surface area contributed by atoms with E-state index in [1.54, 1.807) is 4.90 Å². The van der Waals surface area contributed by atoms with Gasteiger partial charge in [0.1, 0.15) is 11.9 Å². The van der Waals surface area contributed by atoms with Gasteiger partial charge in [0.15, 0.2) is 0 Å². The second kappa shape index (κ2) is 6.31. The van der Waals surface area contributed by atoms with Gasteiger partial charge in [-0.1, -0.05) is 11.6 Å². The lowest BCUT2D eigenvalue weighted by molar-refractivity contribution is -0.135. The summed E-state index contributed by atoms with van der Waals surface area (Å²) in [6, 6.07) is 6.54. The molecule has 0 saturated heterocycles. The zero-order chi connectivity index (χ0) is 16.6. The number of hydrogen-bond donors (Lipinski definition) is 3. The van der Waals surface area contributed by atoms with Crippen LogP contribution >= 0.6 is 11.6 Å². The van der Waals surface area contributed by atoms with Crippen LogP contribution in [0.4, 0.5) is 0 Å². The first-order chi connectivity index (χ1) is 11.0. The largest absolute Gasteiger partial charge is 0.391 e. The molecule has 0 fully saturated rings. The first kappa shape index (κ1) is 16.0. The quantitative estimate of drug-likeness (QED) is 0.789. The Labute approximate surface area is 139 Å². The average molecular weight is 335 g/mol. The highest BCUT2D eigenvalue weighted by Gasteiger charge is 2.29. The van der Waals surface area contributed by atoms with E-state index in [1.165, 1.54) is 6.92 Å². The van der Waals surface area contributed by atoms with Crippen LogP contribution in [0.1, 0.15) is 18.3 Å². The molecule has 0 radical (unpaired) electrons. The molecule has 1 aliphatic rings. The number of aromatic nitrogens is 2. The minimum absolute atomic E-state index is 0.242. The highest BCUT2D eigenvalue weighted by molar-refractivity contribution is 6.30. The molecule has 1 amide bonds. The Balaban J connectivity index is 1.79. The van der Waals surface area contributed by atoms with Crippen molar-refractivity contribution in [3.8, 4) is 11.4 Å². The number of carbonyl (C=O) groups is 1. The smallest absolute Gasteiger partial charge is 0.242 e. The molecule has 6 nitrogen and oxygen atoms in total. The van der Waals surface area contributed by atoms with E-state index in [0.29, 0.717) is 24.5 Å². The molecule has 0 aliphatic carbocycles. The lowest BCUT2D eigenvalue weighted by Gasteiger charge is -2.29. The monoisotopic (exact) mass is 334 g/mol. The molecule has 2 atom stereocenters. The van der Waals surface area contributed by atoms with Crippen LogP contribution in [-0.2, 0) is 17.8 Å². The first-order valence-electron chi connectivity index (χ1n) is 7.52. The van der Waals surface area contributed by atoms with E-state index in [1.807, 2.05) is 24.3 Å². The topological polar surface area (TPSA) is 95.2 Å². The number of carbonyl (C=O) groups excluding carboxylic acids is 1. The Morgan fingerprint density at radius 3 is 2.78 bits per heavy atom. The van der Waals surface area contributed by atoms with Crippen LogP contribution in [0, 0.1) is 0 Å². The molecule has 3 rings (SSSR count). The summed E-state index contributed by atoms with van der Waals surface area (Å²) < 4.78 is 0. The molecule has 0 bridgehead atoms. The van der Waals surface area contributed by atoms with Gasteiger partial charge in [-0.2, -0.15) is 0 Å². The average Bonchev–Trinajstić information content (AvgIpc) is 2.97. The molecule has 0 spiro atoms. The molecule has 7 heteroatoms. The van der Waals surface area contributed by atoms with Crippen molar-refractivity contribution in [1.29, 1.82) is 0 Å². The molecule has 2 heterocycles. The molecule has 1 aromatic carbocycles. The SMILES string of the molecule is C[C@@H](O)[C@H](N)C(=O)N1CCc2nc(-c3ccc(Cl)cc3)[nH]c2C1. The number of rotatable bonds is 3. The van der Waals surface area contributed by atoms with Crippen molar-refractivity contribution in [3.05, 3.63) is 40.7 Å². The summed E-state index contributed by atoms with van der Waals surface area (Å²) in [4.78, 5) is 21.8. The molecule has 0 saturated carbocycles. The van der Waals surface area contributed by atoms with Crippen molar-refractivity contribution < 1.29 is 9.90 Å². The van der Waals surface area contributed by atoms with Gasteiger partial charge in [-0.05, 0) is 31.2 Å². The summed E-state index contributed by atoms with van der Waals surface area (Å²) in [5.74, 6) is 0.522. The Bertz CT molecular complexity index is 711. The number of amides is 1. The maximum absolute atomic E-state index is 12.3. The predicted octanol–water partition coefficient (Wildman–Crippen LogP) is 1.32. The van der Waals surface area contributed by atoms with Gasteiger partial charge in [-0.25, -0.2) is 4.98 Å². The normalized spacial score (nSPS) is 16.8. The maximum atomic E-state index is 12.3. The second-order valence-corrected chi connectivity index (χ2v) is 6.23. The van der Waals surface area contributed by atoms with Crippen LogP contribution < -0.4 is 5.73 Å². The summed E-state index contributed by atoms with van der Waals surface area (Å²) >= 11 is 5.90. The number of nitrogens with zero attached hydrogens (tertiary/aromatic N) is 2. The molecule has 122 valence electrons. The van der Waals surface area contributed by atoms with Crippen molar-refractivity contribution in [2.24, 2.45) is 5.73 Å². The van der Waals surface area contributed by atoms with Gasteiger partial charge in [0.25, 0.3) is 0 Å². The summed E-state index contributed by atoms with van der Waals surface area (Å²) in [6.07, 6.45) is -0.201. The number of halogens is 1. The molecular formula is C16H19ClN4O2. The molecule has 0 unspecified atom stereocenters. The number of nitrogens with two attached hydrogens (primary N) is 1. The van der Waals surface area contributed by atoms with Crippen molar-refractivity contribution in [1.82, 2.24) is 14.9 Å². The fraction of sp³-hybridized carbons (Fsp3) is 0.375. The van der Waals surface area contributed by atoms with Crippen molar-refractivity contribution in [2.75, 3.05) is 6.54 Å². The number of benzene rings is 1. The van der Waals surface area contributed by atoms with Crippen molar-refractivity contribution in [2.45, 2.75) is 32.0 Å². The van der Waals surface area contributed by atoms with Gasteiger partial charge in [0, 0.05) is 23.6 Å². The van der Waals surface area contributed by atoms with Gasteiger partial charge in [-0.15, -0.1) is 0 Å². The van der Waals surface area contributed by atoms with Crippen LogP contribution in [0.2, 0.25) is 5.02 Å². The van der Waals surface area contributed by atoms with E-state index in [9.17, 15) is 9.90 Å². The fourth-order valence-corrected chi connectivity index (χ4v) is 2.77. The Hall–Kier alpha value is -1.89. The van der Waals surface area contributed by atoms with Crippen molar-refractivity contribution >= 4 is 17.5 Å². The first-order valence-corrected chi connectivity index (χ1v) is 7.89. The number of aromatic amines is 1. The summed E-state index contributed by atoms with van der Waals surface area (Å²) in [7, 11) is 0. The van der Waals surface area contributed by atoms with Crippen LogP contribution in [0.25, 0.3) is 11.4 Å². The minimum Gasteiger partial charge on any atom is -0.391 e. The van der Waals surface area contributed by atoms with E-state index in [2.05, 4.69) is 9.97 Å². The number of aliphatic hydroxyl groups excluding tert-OH is 1. The standard InChI is InChI=1S/C16H19ClN4O2/c1-9(22)14(18)16(23)21-7-6-12-13(8-21)20-15(19-12)10-2-4-11(17)5-3-10/h2-5,9,14,22H,6-8,18H2,1H3,(H,19,20)/t9-,14+/m1/s1. The summed E-state index contributed by atoms with van der Waals surface area (Å²) in [6.45, 7) is 2.50. The minimum atomic E-state index is -0.893. The molecule has 1 aromatic heterocycles. The number of imidazole rings is 1. The molecular weight excluding hydrogens is 316 g/mol. The fourth-order valence-electron chi connectivity index (χ4n) is 2.64. The number of aliphatic hydroxyl groups is 1. The van der Waals surface area contributed by atoms with E-state index in [0.717, 1.165) is 22.8 Å². The number of nitrogens with one attached hydrogen (secondary N) is 1. The van der Waals surface area contributed by atoms with E-state index < -0.39 is 12.1 Å². The lowest BCUT2D eigenvalue weighted by atomic mass is 10.1. The van der Waals surface area contributed by atoms with Gasteiger partial charge in [0.05, 0.1) is 24.0 Å². The lowest BCUT2D eigenvalue weighted by Crippen LogP contribution is -2.50. The van der Waals surface area contributed by atoms with Crippen LogP contribution in [0.3, 0.4) is 0 Å². The Morgan fingerprint density at radius 2 is 2.13 bits per heavy atom. The number of hydrogen-bond acceptors (Lipinski definition) is 4. The highest BCUT2D eigenvalue weighted by Crippen LogP contribution is 2.24. The molecule has 4 N–H and O–H groups in total. The second-order valence-electron chi connectivity index (χ2n) is 5.79. The van der Waals surface area contributed by atoms with Crippen LogP contribution in [-0.4, -0.2) is 44.6 Å². The van der Waals surface area contributed by atoms with Crippen LogP contribution in [0.5, 0.6) is 0 Å². The van der Waals surface area contributed by atoms with E-state index >= 15 is 0 Å². The molecule has 1 aliphatic heterocycles. The van der Waals surface area contributed by atoms with Gasteiger partial charge < -0.3 is 20.7 Å². The molecule has 23 heavy (non-hydrogen) atoms. The van der Waals surface area contributed by atoms with Crippen LogP contribution in [0.15, 0.2) is 24.3 Å². The number of fused-ring (bicyclic) bond motifs is 1. The van der Waals surface area contributed by atoms with Gasteiger partial charge in [-0.3, -0.25) is 4.79 Å². The van der Waals surface area contributed by atoms with E-state index in [4.69, 9.17) is 17.3 Å². The third-order valence-electron chi connectivity index (χ3n) is 4.07. The zero-order valence-corrected chi connectivity index (χ0v) is 13.5. The van der Waals surface area contributed by atoms with Crippen molar-refractivity contribution in [3.63, 3.8) is 0 Å². The summed E-state index contributed by atoms with van der Waals surface area (Å²) in [5.41, 5.74) is 8.56. The molecule has 2 aromatic rings. The van der Waals surface area contributed by atoms with Gasteiger partial charge in [0.2, 0.25) is 5.91 Å². The predicted molar refractivity (Wildman–Crippen MR) is 87.8 cm³/mol. The third kappa shape index (κ3) is 3.24. The maximum Gasteiger partial charge on any atom is 0.242 e. The third-order valence-corrected chi connectivity index (χ3v) is 4.32. The Morgan fingerprint density at radius 1 is 1.43 bits per heavy atom. The van der Waals surface area contributed by atoms with E-state index in [-0.39, 0.29) is 5.91 Å². The highest BCUT2D eigenvalue weighted by atomic mass is 35.5. The zero-order valence-electron chi connectivity index (χ0n) is 12.8. The number of H-pyrrole nitrogens is 1.